The molecule has 0 radical (unpaired) electrons. The number of benzene rings is 1. The second kappa shape index (κ2) is 3.50. The molecule has 0 bridgehead atoms. The van der Waals surface area contributed by atoms with Gasteiger partial charge in [-0.15, -0.1) is 0 Å². The van der Waals surface area contributed by atoms with Crippen LogP contribution >= 0.6 is 0 Å². The highest BCUT2D eigenvalue weighted by atomic mass is 15.0. The highest BCUT2D eigenvalue weighted by molar-refractivity contribution is 5.39. The fraction of sp³-hybridized carbons (Fsp3) is 0.0833. The van der Waals surface area contributed by atoms with Crippen LogP contribution in [-0.4, -0.2) is 0 Å². The lowest BCUT2D eigenvalue weighted by Crippen LogP contribution is -2.34. The van der Waals surface area contributed by atoms with Crippen molar-refractivity contribution in [1.29, 1.82) is 0 Å². The maximum absolute atomic E-state index is 5.84. The topological polar surface area (TPSA) is 29.9 Å². The van der Waals surface area contributed by atoms with Crippen LogP contribution in [0.4, 0.5) is 5.69 Å². The Kier molecular flexibility index (Phi) is 2.19. The average Bonchev–Trinajstić information content (AvgIpc) is 2.23. The van der Waals surface area contributed by atoms with Gasteiger partial charge in [0, 0.05) is 25.1 Å². The summed E-state index contributed by atoms with van der Waals surface area (Å²) in [6.07, 6.45) is 2.01. The van der Waals surface area contributed by atoms with E-state index in [0.717, 1.165) is 17.1 Å². The molecule has 1 aromatic heterocycles. The van der Waals surface area contributed by atoms with Crippen LogP contribution in [-0.2, 0) is 0 Å². The lowest BCUT2D eigenvalue weighted by molar-refractivity contribution is -0.601. The number of nitrogens with two attached hydrogens (primary N) is 1. The molecule has 0 saturated carbocycles. The Morgan fingerprint density at radius 3 is 2.43 bits per heavy atom. The minimum atomic E-state index is 0.816. The van der Waals surface area contributed by atoms with Gasteiger partial charge in [-0.25, -0.2) is 0 Å². The molecule has 0 unspecified atom stereocenters. The summed E-state index contributed by atoms with van der Waals surface area (Å²) >= 11 is 0. The Balaban J connectivity index is 2.58. The van der Waals surface area contributed by atoms with Crippen LogP contribution in [0.2, 0.25) is 0 Å². The molecule has 2 heteroatoms. The molecule has 0 aliphatic carbocycles. The first kappa shape index (κ1) is 8.75. The third-order valence-corrected chi connectivity index (χ3v) is 2.32. The molecule has 2 N–H and O–H groups in total. The van der Waals surface area contributed by atoms with Gasteiger partial charge >= 0.3 is 0 Å². The van der Waals surface area contributed by atoms with Gasteiger partial charge in [0.2, 0.25) is 11.4 Å². The number of nitrogen functional groups attached to an aromatic ring is 1. The van der Waals surface area contributed by atoms with Crippen molar-refractivity contribution in [3.63, 3.8) is 0 Å². The summed E-state index contributed by atoms with van der Waals surface area (Å²) in [6, 6.07) is 14.0. The smallest absolute Gasteiger partial charge is 0.210 e. The van der Waals surface area contributed by atoms with E-state index in [4.69, 9.17) is 5.73 Å². The van der Waals surface area contributed by atoms with Gasteiger partial charge in [-0.2, -0.15) is 4.57 Å². The summed E-state index contributed by atoms with van der Waals surface area (Å²) < 4.78 is 2.08. The van der Waals surface area contributed by atoms with Gasteiger partial charge in [-0.05, 0) is 6.07 Å². The second-order valence-corrected chi connectivity index (χ2v) is 3.25. The van der Waals surface area contributed by atoms with E-state index in [9.17, 15) is 0 Å². The predicted octanol–water partition coefficient (Wildman–Crippen LogP) is 1.85. The average molecular weight is 185 g/mol. The Morgan fingerprint density at radius 2 is 1.71 bits per heavy atom. The quantitative estimate of drug-likeness (QED) is 0.675. The Hall–Kier alpha value is -1.83. The van der Waals surface area contributed by atoms with Gasteiger partial charge in [-0.1, -0.05) is 18.2 Å². The van der Waals surface area contributed by atoms with Crippen LogP contribution in [0.3, 0.4) is 0 Å². The van der Waals surface area contributed by atoms with E-state index in [0.29, 0.717) is 0 Å². The van der Waals surface area contributed by atoms with Crippen molar-refractivity contribution in [2.24, 2.45) is 0 Å². The van der Waals surface area contributed by atoms with Crippen LogP contribution in [0.25, 0.3) is 5.69 Å². The summed E-state index contributed by atoms with van der Waals surface area (Å²) in [5, 5.41) is 0. The zero-order valence-electron chi connectivity index (χ0n) is 8.14. The molecule has 70 valence electrons. The molecule has 0 fully saturated rings. The van der Waals surface area contributed by atoms with Crippen LogP contribution in [0.15, 0.2) is 48.7 Å². The number of aromatic nitrogens is 1. The molecule has 0 amide bonds. The molecule has 2 rings (SSSR count). The van der Waals surface area contributed by atoms with Gasteiger partial charge < -0.3 is 5.73 Å². The van der Waals surface area contributed by atoms with E-state index < -0.39 is 0 Å². The van der Waals surface area contributed by atoms with Crippen molar-refractivity contribution in [2.75, 3.05) is 5.73 Å². The molecular weight excluding hydrogens is 172 g/mol. The predicted molar refractivity (Wildman–Crippen MR) is 57.1 cm³/mol. The molecule has 0 saturated heterocycles. The fourth-order valence-electron chi connectivity index (χ4n) is 1.47. The molecule has 14 heavy (non-hydrogen) atoms. The normalized spacial score (nSPS) is 10.1. The van der Waals surface area contributed by atoms with E-state index in [1.54, 1.807) is 0 Å². The molecule has 0 aliphatic rings. The van der Waals surface area contributed by atoms with Crippen LogP contribution < -0.4 is 10.3 Å². The lowest BCUT2D eigenvalue weighted by atomic mass is 10.2. The van der Waals surface area contributed by atoms with E-state index >= 15 is 0 Å². The lowest BCUT2D eigenvalue weighted by Gasteiger charge is -2.00. The largest absolute Gasteiger partial charge is 0.394 e. The van der Waals surface area contributed by atoms with Crippen molar-refractivity contribution in [3.05, 3.63) is 54.4 Å². The van der Waals surface area contributed by atoms with E-state index in [2.05, 4.69) is 16.7 Å². The molecule has 0 aliphatic heterocycles. The van der Waals surface area contributed by atoms with Crippen LogP contribution in [0, 0.1) is 6.92 Å². The first-order chi connectivity index (χ1) is 6.79. The highest BCUT2D eigenvalue weighted by Crippen LogP contribution is 2.06. The Bertz CT molecular complexity index is 435. The van der Waals surface area contributed by atoms with Gasteiger partial charge in [0.05, 0.1) is 5.69 Å². The van der Waals surface area contributed by atoms with Gasteiger partial charge in [-0.3, -0.25) is 0 Å². The Labute approximate surface area is 83.6 Å². The number of rotatable bonds is 1. The van der Waals surface area contributed by atoms with Crippen molar-refractivity contribution in [1.82, 2.24) is 0 Å². The zero-order chi connectivity index (χ0) is 9.97. The number of anilines is 1. The van der Waals surface area contributed by atoms with E-state index in [1.807, 2.05) is 43.5 Å². The third kappa shape index (κ3) is 1.46. The third-order valence-electron chi connectivity index (χ3n) is 2.32. The maximum Gasteiger partial charge on any atom is 0.210 e. The summed E-state index contributed by atoms with van der Waals surface area (Å²) in [5.41, 5.74) is 8.86. The van der Waals surface area contributed by atoms with Gasteiger partial charge in [0.1, 0.15) is 0 Å². The molecule has 0 atom stereocenters. The summed E-state index contributed by atoms with van der Waals surface area (Å²) in [5.74, 6) is 0. The Morgan fingerprint density at radius 1 is 1.00 bits per heavy atom. The van der Waals surface area contributed by atoms with Gasteiger partial charge in [0.25, 0.3) is 0 Å². The molecule has 0 spiro atoms. The van der Waals surface area contributed by atoms with Crippen molar-refractivity contribution in [3.8, 4) is 5.69 Å². The van der Waals surface area contributed by atoms with Crippen molar-refractivity contribution < 1.29 is 4.57 Å². The molecule has 1 heterocycles. The molecule has 1 aromatic carbocycles. The maximum atomic E-state index is 5.84. The first-order valence-electron chi connectivity index (χ1n) is 4.61. The number of nitrogens with zero attached hydrogens (tertiary/aromatic N) is 1. The molecule has 2 aromatic rings. The summed E-state index contributed by atoms with van der Waals surface area (Å²) in [7, 11) is 0. The fourth-order valence-corrected chi connectivity index (χ4v) is 1.47. The molecule has 2 nitrogen and oxygen atoms in total. The second-order valence-electron chi connectivity index (χ2n) is 3.25. The standard InChI is InChI=1S/C12H13N2/c1-10-12(13)8-5-9-14(10)11-6-3-2-4-7-11/h2-9H,13H2,1H3/q+1. The van der Waals surface area contributed by atoms with E-state index in [-0.39, 0.29) is 0 Å². The van der Waals surface area contributed by atoms with Crippen molar-refractivity contribution in [2.45, 2.75) is 6.92 Å². The number of pyridine rings is 1. The van der Waals surface area contributed by atoms with Crippen LogP contribution in [0.1, 0.15) is 5.69 Å². The monoisotopic (exact) mass is 185 g/mol. The van der Waals surface area contributed by atoms with E-state index in [1.165, 1.54) is 0 Å². The van der Waals surface area contributed by atoms with Crippen LogP contribution in [0.5, 0.6) is 0 Å². The number of hydrogen-bond acceptors (Lipinski definition) is 1. The van der Waals surface area contributed by atoms with Gasteiger partial charge in [0.15, 0.2) is 6.20 Å². The summed E-state index contributed by atoms with van der Waals surface area (Å²) in [6.45, 7) is 2.02. The molecular formula is C12H13N2+. The number of para-hydroxylation sites is 1. The zero-order valence-corrected chi connectivity index (χ0v) is 8.14. The summed E-state index contributed by atoms with van der Waals surface area (Å²) in [4.78, 5) is 0. The number of hydrogen-bond donors (Lipinski definition) is 1. The highest BCUT2D eigenvalue weighted by Gasteiger charge is 2.10. The van der Waals surface area contributed by atoms with Crippen molar-refractivity contribution >= 4 is 5.69 Å². The minimum Gasteiger partial charge on any atom is -0.394 e. The SMILES string of the molecule is Cc1c(N)ccc[n+]1-c1ccccc1. The minimum absolute atomic E-state index is 0.816. The first-order valence-corrected chi connectivity index (χ1v) is 4.61.